The minimum Gasteiger partial charge on any atom is -0.487 e. The minimum atomic E-state index is -0.658. The molecule has 9 heteroatoms. The first kappa shape index (κ1) is 19.9. The summed E-state index contributed by atoms with van der Waals surface area (Å²) in [5.41, 5.74) is 3.71. The van der Waals surface area contributed by atoms with Crippen LogP contribution in [0, 0.1) is 6.92 Å². The first-order chi connectivity index (χ1) is 15.5. The molecule has 1 fully saturated rings. The average Bonchev–Trinajstić information content (AvgIpc) is 3.38. The Morgan fingerprint density at radius 1 is 1.12 bits per heavy atom. The number of para-hydroxylation sites is 1. The van der Waals surface area contributed by atoms with Gasteiger partial charge in [-0.15, -0.1) is 5.10 Å². The number of carbonyl (C=O) groups is 3. The van der Waals surface area contributed by atoms with Gasteiger partial charge in [0.25, 0.3) is 5.91 Å². The van der Waals surface area contributed by atoms with Crippen LogP contribution in [0.25, 0.3) is 5.69 Å². The van der Waals surface area contributed by atoms with Crippen LogP contribution in [-0.2, 0) is 22.7 Å². The second kappa shape index (κ2) is 7.92. The fourth-order valence-corrected chi connectivity index (χ4v) is 4.14. The molecule has 3 amide bonds. The van der Waals surface area contributed by atoms with Crippen molar-refractivity contribution in [2.45, 2.75) is 39.0 Å². The SMILES string of the molecule is Cc1ccccc1OCc1cn(-c2cccc3c2CN(C2CCC(=O)NC2=O)C3=O)nn1. The van der Waals surface area contributed by atoms with Crippen molar-refractivity contribution in [3.05, 3.63) is 71.0 Å². The zero-order valence-electron chi connectivity index (χ0n) is 17.4. The van der Waals surface area contributed by atoms with Crippen LogP contribution in [0.2, 0.25) is 0 Å². The monoisotopic (exact) mass is 431 g/mol. The van der Waals surface area contributed by atoms with E-state index >= 15 is 0 Å². The van der Waals surface area contributed by atoms with Gasteiger partial charge in [0, 0.05) is 24.1 Å². The molecule has 1 atom stereocenters. The number of hydrogen-bond acceptors (Lipinski definition) is 6. The highest BCUT2D eigenvalue weighted by Crippen LogP contribution is 2.31. The average molecular weight is 431 g/mol. The van der Waals surface area contributed by atoms with Crippen LogP contribution >= 0.6 is 0 Å². The first-order valence-electron chi connectivity index (χ1n) is 10.4. The van der Waals surface area contributed by atoms with Crippen LogP contribution in [0.15, 0.2) is 48.7 Å². The lowest BCUT2D eigenvalue weighted by Gasteiger charge is -2.29. The highest BCUT2D eigenvalue weighted by molar-refractivity contribution is 6.05. The summed E-state index contributed by atoms with van der Waals surface area (Å²) in [4.78, 5) is 38.3. The molecule has 0 radical (unpaired) electrons. The quantitative estimate of drug-likeness (QED) is 0.619. The lowest BCUT2D eigenvalue weighted by Crippen LogP contribution is -2.52. The predicted octanol–water partition coefficient (Wildman–Crippen LogP) is 1.92. The number of piperidine rings is 1. The van der Waals surface area contributed by atoms with Crippen LogP contribution in [-0.4, -0.2) is 43.7 Å². The largest absolute Gasteiger partial charge is 0.487 e. The van der Waals surface area contributed by atoms with Crippen molar-refractivity contribution in [1.29, 1.82) is 0 Å². The summed E-state index contributed by atoms with van der Waals surface area (Å²) >= 11 is 0. The molecule has 2 aliphatic heterocycles. The summed E-state index contributed by atoms with van der Waals surface area (Å²) in [5.74, 6) is -0.174. The van der Waals surface area contributed by atoms with E-state index in [1.54, 1.807) is 23.0 Å². The number of rotatable bonds is 5. The van der Waals surface area contributed by atoms with Gasteiger partial charge in [0.05, 0.1) is 11.9 Å². The van der Waals surface area contributed by atoms with Gasteiger partial charge in [-0.25, -0.2) is 4.68 Å². The van der Waals surface area contributed by atoms with Crippen LogP contribution in [0.4, 0.5) is 0 Å². The molecule has 1 N–H and O–H groups in total. The highest BCUT2D eigenvalue weighted by Gasteiger charge is 2.40. The van der Waals surface area contributed by atoms with Gasteiger partial charge in [-0.2, -0.15) is 0 Å². The first-order valence-corrected chi connectivity index (χ1v) is 10.4. The molecule has 5 rings (SSSR count). The molecule has 2 aliphatic rings. The van der Waals surface area contributed by atoms with Crippen molar-refractivity contribution in [3.63, 3.8) is 0 Å². The van der Waals surface area contributed by atoms with Crippen LogP contribution < -0.4 is 10.1 Å². The number of nitrogens with zero attached hydrogens (tertiary/aromatic N) is 4. The van der Waals surface area contributed by atoms with E-state index in [0.29, 0.717) is 17.7 Å². The number of benzene rings is 2. The molecule has 9 nitrogen and oxygen atoms in total. The maximum absolute atomic E-state index is 13.0. The van der Waals surface area contributed by atoms with Gasteiger partial charge in [0.15, 0.2) is 0 Å². The lowest BCUT2D eigenvalue weighted by atomic mass is 10.0. The van der Waals surface area contributed by atoms with E-state index in [1.807, 2.05) is 37.3 Å². The lowest BCUT2D eigenvalue weighted by molar-refractivity contribution is -0.136. The fourth-order valence-electron chi connectivity index (χ4n) is 4.14. The Morgan fingerprint density at radius 3 is 2.78 bits per heavy atom. The summed E-state index contributed by atoms with van der Waals surface area (Å²) in [6.45, 7) is 2.51. The Bertz CT molecular complexity index is 1230. The number of aryl methyl sites for hydroxylation is 1. The van der Waals surface area contributed by atoms with Crippen LogP contribution in [0.1, 0.15) is 40.0 Å². The summed E-state index contributed by atoms with van der Waals surface area (Å²) in [7, 11) is 0. The topological polar surface area (TPSA) is 106 Å². The van der Waals surface area contributed by atoms with Crippen molar-refractivity contribution in [2.24, 2.45) is 0 Å². The molecular formula is C23H21N5O4. The zero-order valence-corrected chi connectivity index (χ0v) is 17.4. The van der Waals surface area contributed by atoms with E-state index in [0.717, 1.165) is 22.6 Å². The smallest absolute Gasteiger partial charge is 0.255 e. The maximum Gasteiger partial charge on any atom is 0.255 e. The number of amides is 3. The molecule has 0 bridgehead atoms. The molecule has 1 saturated heterocycles. The Kier molecular flexibility index (Phi) is 4.93. The molecule has 0 aliphatic carbocycles. The van der Waals surface area contributed by atoms with E-state index in [-0.39, 0.29) is 31.4 Å². The summed E-state index contributed by atoms with van der Waals surface area (Å²) < 4.78 is 7.47. The van der Waals surface area contributed by atoms with Gasteiger partial charge in [0.1, 0.15) is 24.1 Å². The summed E-state index contributed by atoms with van der Waals surface area (Å²) in [5, 5.41) is 10.7. The van der Waals surface area contributed by atoms with Gasteiger partial charge >= 0.3 is 0 Å². The fraction of sp³-hybridized carbons (Fsp3) is 0.261. The second-order valence-corrected chi connectivity index (χ2v) is 7.91. The molecule has 2 aromatic carbocycles. The number of aromatic nitrogens is 3. The van der Waals surface area contributed by atoms with Gasteiger partial charge in [-0.3, -0.25) is 19.7 Å². The molecule has 3 heterocycles. The highest BCUT2D eigenvalue weighted by atomic mass is 16.5. The minimum absolute atomic E-state index is 0.219. The molecule has 0 spiro atoms. The van der Waals surface area contributed by atoms with Crippen LogP contribution in [0.3, 0.4) is 0 Å². The maximum atomic E-state index is 13.0. The molecule has 32 heavy (non-hydrogen) atoms. The summed E-state index contributed by atoms with van der Waals surface area (Å²) in [6.07, 6.45) is 2.31. The van der Waals surface area contributed by atoms with Crippen molar-refractivity contribution < 1.29 is 19.1 Å². The Labute approximate surface area is 184 Å². The van der Waals surface area contributed by atoms with Crippen molar-refractivity contribution in [2.75, 3.05) is 0 Å². The van der Waals surface area contributed by atoms with Gasteiger partial charge in [0.2, 0.25) is 11.8 Å². The normalized spacial score (nSPS) is 18.0. The number of ether oxygens (including phenoxy) is 1. The number of fused-ring (bicyclic) bond motifs is 1. The third-order valence-electron chi connectivity index (χ3n) is 5.81. The standard InChI is InChI=1S/C23H21N5O4/c1-14-5-2-3-8-20(14)32-13-15-11-28(26-25-15)18-7-4-6-16-17(18)12-27(23(16)31)19-9-10-21(29)24-22(19)30/h2-8,11,19H,9-10,12-13H2,1H3,(H,24,29,30). The van der Waals surface area contributed by atoms with E-state index in [4.69, 9.17) is 4.74 Å². The molecule has 0 saturated carbocycles. The van der Waals surface area contributed by atoms with E-state index in [2.05, 4.69) is 15.6 Å². The van der Waals surface area contributed by atoms with Gasteiger partial charge in [-0.1, -0.05) is 29.5 Å². The predicted molar refractivity (Wildman–Crippen MR) is 113 cm³/mol. The number of nitrogens with one attached hydrogen (secondary N) is 1. The van der Waals surface area contributed by atoms with Crippen LogP contribution in [0.5, 0.6) is 5.75 Å². The molecule has 1 aromatic heterocycles. The second-order valence-electron chi connectivity index (χ2n) is 7.91. The molecule has 3 aromatic rings. The number of hydrogen-bond donors (Lipinski definition) is 1. The number of carbonyl (C=O) groups excluding carboxylic acids is 3. The van der Waals surface area contributed by atoms with Crippen molar-refractivity contribution >= 4 is 17.7 Å². The molecular weight excluding hydrogens is 410 g/mol. The van der Waals surface area contributed by atoms with Crippen molar-refractivity contribution in [1.82, 2.24) is 25.2 Å². The Morgan fingerprint density at radius 2 is 1.97 bits per heavy atom. The third-order valence-corrected chi connectivity index (χ3v) is 5.81. The number of imide groups is 1. The van der Waals surface area contributed by atoms with E-state index < -0.39 is 11.9 Å². The van der Waals surface area contributed by atoms with E-state index in [9.17, 15) is 14.4 Å². The van der Waals surface area contributed by atoms with E-state index in [1.165, 1.54) is 4.90 Å². The summed E-state index contributed by atoms with van der Waals surface area (Å²) in [6, 6.07) is 12.5. The van der Waals surface area contributed by atoms with Gasteiger partial charge < -0.3 is 9.64 Å². The van der Waals surface area contributed by atoms with Crippen molar-refractivity contribution in [3.8, 4) is 11.4 Å². The Hall–Kier alpha value is -4.01. The molecule has 162 valence electrons. The zero-order chi connectivity index (χ0) is 22.2. The third kappa shape index (κ3) is 3.51. The van der Waals surface area contributed by atoms with Gasteiger partial charge in [-0.05, 0) is 37.1 Å². The molecule has 1 unspecified atom stereocenters. The Balaban J connectivity index is 1.37.